The molecule has 0 radical (unpaired) electrons. The molecule has 1 N–H and O–H groups in total. The molecule has 0 spiro atoms. The average Bonchev–Trinajstić information content (AvgIpc) is 2.41. The number of hydrogen-bond donors (Lipinski definition) is 1. The van der Waals surface area contributed by atoms with Gasteiger partial charge in [-0.25, -0.2) is 0 Å². The summed E-state index contributed by atoms with van der Waals surface area (Å²) in [4.78, 5) is 3.63. The summed E-state index contributed by atoms with van der Waals surface area (Å²) in [5, 5.41) is 3.48. The van der Waals surface area contributed by atoms with Crippen LogP contribution in [0.2, 0.25) is 0 Å². The summed E-state index contributed by atoms with van der Waals surface area (Å²) in [5.74, 6) is 1.12. The summed E-state index contributed by atoms with van der Waals surface area (Å²) >= 11 is 1.88. The summed E-state index contributed by atoms with van der Waals surface area (Å²) in [6.45, 7) is 5.78. The van der Waals surface area contributed by atoms with Crippen LogP contribution in [0.15, 0.2) is 29.2 Å². The molecule has 3 nitrogen and oxygen atoms in total. The van der Waals surface area contributed by atoms with Gasteiger partial charge in [0, 0.05) is 36.8 Å². The number of hydrogen-bond acceptors (Lipinski definition) is 4. The molecule has 0 amide bonds. The van der Waals surface area contributed by atoms with Crippen LogP contribution in [0, 0.1) is 0 Å². The number of likely N-dealkylation sites (N-methyl/N-ethyl adjacent to an activating group) is 1. The van der Waals surface area contributed by atoms with E-state index in [1.165, 1.54) is 10.6 Å². The molecule has 1 aliphatic heterocycles. The Morgan fingerprint density at radius 3 is 2.78 bits per heavy atom. The Morgan fingerprint density at radius 1 is 1.39 bits per heavy atom. The van der Waals surface area contributed by atoms with Crippen LogP contribution in [0.4, 0.5) is 5.69 Å². The molecule has 1 aliphatic rings. The molecule has 1 fully saturated rings. The predicted octanol–water partition coefficient (Wildman–Crippen LogP) is 2.22. The largest absolute Gasteiger partial charge is 0.378 e. The van der Waals surface area contributed by atoms with E-state index >= 15 is 0 Å². The Bertz CT molecular complexity index is 349. The molecular weight excluding hydrogens is 244 g/mol. The highest BCUT2D eigenvalue weighted by Gasteiger charge is 2.15. The second-order valence-corrected chi connectivity index (χ2v) is 5.87. The van der Waals surface area contributed by atoms with Crippen molar-refractivity contribution in [3.63, 3.8) is 0 Å². The summed E-state index contributed by atoms with van der Waals surface area (Å²) in [7, 11) is 2.14. The standard InChI is InChI=1S/C14H22N2OS/c1-3-18-14-6-4-13(5-7-14)16(2)10-12-11-17-9-8-15-12/h4-7,12,15H,3,8-11H2,1-2H3. The molecular formula is C14H22N2OS. The molecule has 1 heterocycles. The SMILES string of the molecule is CCSc1ccc(N(C)CC2COCCN2)cc1. The third kappa shape index (κ3) is 3.90. The fraction of sp³-hybridized carbons (Fsp3) is 0.571. The second-order valence-electron chi connectivity index (χ2n) is 4.53. The number of morpholine rings is 1. The lowest BCUT2D eigenvalue weighted by molar-refractivity contribution is 0.0791. The molecule has 0 aromatic heterocycles. The van der Waals surface area contributed by atoms with Gasteiger partial charge in [-0.05, 0) is 30.0 Å². The normalized spacial score (nSPS) is 19.8. The van der Waals surface area contributed by atoms with Crippen molar-refractivity contribution in [3.05, 3.63) is 24.3 Å². The molecule has 1 unspecified atom stereocenters. The van der Waals surface area contributed by atoms with Crippen LogP contribution in [0.3, 0.4) is 0 Å². The zero-order chi connectivity index (χ0) is 12.8. The van der Waals surface area contributed by atoms with Gasteiger partial charge in [0.2, 0.25) is 0 Å². The van der Waals surface area contributed by atoms with Gasteiger partial charge in [-0.15, -0.1) is 11.8 Å². The fourth-order valence-electron chi connectivity index (χ4n) is 2.14. The van der Waals surface area contributed by atoms with Crippen LogP contribution in [0.1, 0.15) is 6.92 Å². The molecule has 2 rings (SSSR count). The van der Waals surface area contributed by atoms with Crippen molar-refractivity contribution >= 4 is 17.4 Å². The van der Waals surface area contributed by atoms with Crippen LogP contribution in [-0.4, -0.2) is 45.1 Å². The highest BCUT2D eigenvalue weighted by atomic mass is 32.2. The minimum absolute atomic E-state index is 0.438. The summed E-state index contributed by atoms with van der Waals surface area (Å²) in [6.07, 6.45) is 0. The van der Waals surface area contributed by atoms with E-state index in [0.717, 1.165) is 32.1 Å². The van der Waals surface area contributed by atoms with E-state index in [1.807, 2.05) is 11.8 Å². The van der Waals surface area contributed by atoms with Gasteiger partial charge in [0.25, 0.3) is 0 Å². The average molecular weight is 266 g/mol. The molecule has 4 heteroatoms. The van der Waals surface area contributed by atoms with Gasteiger partial charge in [0.05, 0.1) is 13.2 Å². The maximum atomic E-state index is 5.48. The van der Waals surface area contributed by atoms with Gasteiger partial charge >= 0.3 is 0 Å². The van der Waals surface area contributed by atoms with Crippen LogP contribution in [-0.2, 0) is 4.74 Å². The molecule has 0 bridgehead atoms. The minimum atomic E-state index is 0.438. The third-order valence-electron chi connectivity index (χ3n) is 3.08. The molecule has 100 valence electrons. The minimum Gasteiger partial charge on any atom is -0.378 e. The van der Waals surface area contributed by atoms with Crippen molar-refractivity contribution < 1.29 is 4.74 Å². The molecule has 1 saturated heterocycles. The Balaban J connectivity index is 1.89. The summed E-state index contributed by atoms with van der Waals surface area (Å²) in [5.41, 5.74) is 1.27. The quantitative estimate of drug-likeness (QED) is 0.826. The van der Waals surface area contributed by atoms with E-state index in [9.17, 15) is 0 Å². The number of ether oxygens (including phenoxy) is 1. The summed E-state index contributed by atoms with van der Waals surface area (Å²) in [6, 6.07) is 9.23. The lowest BCUT2D eigenvalue weighted by Crippen LogP contribution is -2.47. The van der Waals surface area contributed by atoms with E-state index in [2.05, 4.69) is 48.5 Å². The first-order valence-corrected chi connectivity index (χ1v) is 7.53. The molecule has 1 atom stereocenters. The monoisotopic (exact) mass is 266 g/mol. The van der Waals surface area contributed by atoms with Gasteiger partial charge in [-0.3, -0.25) is 0 Å². The number of benzene rings is 1. The van der Waals surface area contributed by atoms with Crippen molar-refractivity contribution in [2.45, 2.75) is 17.9 Å². The summed E-state index contributed by atoms with van der Waals surface area (Å²) < 4.78 is 5.48. The highest BCUT2D eigenvalue weighted by Crippen LogP contribution is 2.21. The van der Waals surface area contributed by atoms with Crippen LogP contribution in [0.25, 0.3) is 0 Å². The van der Waals surface area contributed by atoms with Gasteiger partial charge in [-0.2, -0.15) is 0 Å². The Morgan fingerprint density at radius 2 is 2.17 bits per heavy atom. The van der Waals surface area contributed by atoms with Crippen LogP contribution < -0.4 is 10.2 Å². The topological polar surface area (TPSA) is 24.5 Å². The first kappa shape index (κ1) is 13.7. The Kier molecular flexibility index (Phi) is 5.35. The van der Waals surface area contributed by atoms with Crippen molar-refractivity contribution in [1.82, 2.24) is 5.32 Å². The number of anilines is 1. The zero-order valence-electron chi connectivity index (χ0n) is 11.2. The second kappa shape index (κ2) is 7.02. The van der Waals surface area contributed by atoms with Gasteiger partial charge < -0.3 is 15.0 Å². The molecule has 18 heavy (non-hydrogen) atoms. The van der Waals surface area contributed by atoms with Crippen LogP contribution >= 0.6 is 11.8 Å². The Labute approximate surface area is 114 Å². The first-order chi connectivity index (χ1) is 8.79. The van der Waals surface area contributed by atoms with E-state index in [1.54, 1.807) is 0 Å². The van der Waals surface area contributed by atoms with E-state index in [0.29, 0.717) is 6.04 Å². The first-order valence-electron chi connectivity index (χ1n) is 6.54. The van der Waals surface area contributed by atoms with Gasteiger partial charge in [0.1, 0.15) is 0 Å². The molecule has 1 aromatic rings. The smallest absolute Gasteiger partial charge is 0.0637 e. The van der Waals surface area contributed by atoms with E-state index in [4.69, 9.17) is 4.74 Å². The van der Waals surface area contributed by atoms with Gasteiger partial charge in [-0.1, -0.05) is 6.92 Å². The molecule has 0 saturated carbocycles. The number of nitrogens with zero attached hydrogens (tertiary/aromatic N) is 1. The maximum absolute atomic E-state index is 5.48. The van der Waals surface area contributed by atoms with Crippen molar-refractivity contribution in [1.29, 1.82) is 0 Å². The highest BCUT2D eigenvalue weighted by molar-refractivity contribution is 7.99. The Hall–Kier alpha value is -0.710. The van der Waals surface area contributed by atoms with E-state index in [-0.39, 0.29) is 0 Å². The van der Waals surface area contributed by atoms with E-state index < -0.39 is 0 Å². The lowest BCUT2D eigenvalue weighted by atomic mass is 10.2. The number of rotatable bonds is 5. The van der Waals surface area contributed by atoms with Gasteiger partial charge in [0.15, 0.2) is 0 Å². The number of nitrogens with one attached hydrogen (secondary N) is 1. The zero-order valence-corrected chi connectivity index (χ0v) is 12.0. The third-order valence-corrected chi connectivity index (χ3v) is 3.98. The van der Waals surface area contributed by atoms with Crippen LogP contribution in [0.5, 0.6) is 0 Å². The maximum Gasteiger partial charge on any atom is 0.0637 e. The fourth-order valence-corrected chi connectivity index (χ4v) is 2.80. The van der Waals surface area contributed by atoms with Crippen molar-refractivity contribution in [2.75, 3.05) is 44.0 Å². The van der Waals surface area contributed by atoms with Crippen molar-refractivity contribution in [2.24, 2.45) is 0 Å². The molecule has 1 aromatic carbocycles. The van der Waals surface area contributed by atoms with Crippen molar-refractivity contribution in [3.8, 4) is 0 Å². The molecule has 0 aliphatic carbocycles. The predicted molar refractivity (Wildman–Crippen MR) is 78.7 cm³/mol. The number of thioether (sulfide) groups is 1. The lowest BCUT2D eigenvalue weighted by Gasteiger charge is -2.29.